The van der Waals surface area contributed by atoms with Gasteiger partial charge in [0.05, 0.1) is 16.6 Å². The zero-order chi connectivity index (χ0) is 15.9. The molecule has 0 fully saturated rings. The molecule has 7 nitrogen and oxygen atoms in total. The number of para-hydroxylation sites is 2. The number of aromatic amines is 1. The van der Waals surface area contributed by atoms with Crippen molar-refractivity contribution in [2.75, 3.05) is 0 Å². The van der Waals surface area contributed by atoms with E-state index in [0.29, 0.717) is 5.69 Å². The highest BCUT2D eigenvalue weighted by molar-refractivity contribution is 7.86. The van der Waals surface area contributed by atoms with Crippen molar-refractivity contribution in [2.24, 2.45) is 0 Å². The summed E-state index contributed by atoms with van der Waals surface area (Å²) in [6, 6.07) is 12.0. The Morgan fingerprint density at radius 1 is 0.955 bits per heavy atom. The summed E-state index contributed by atoms with van der Waals surface area (Å²) in [5.41, 5.74) is -1.32. The van der Waals surface area contributed by atoms with Crippen molar-refractivity contribution in [1.29, 1.82) is 0 Å². The van der Waals surface area contributed by atoms with Crippen LogP contribution in [0, 0.1) is 0 Å². The number of hydrogen-bond donors (Lipinski definition) is 2. The Bertz CT molecular complexity index is 1080. The molecule has 0 radical (unpaired) electrons. The van der Waals surface area contributed by atoms with E-state index in [1.54, 1.807) is 30.3 Å². The number of fused-ring (bicyclic) bond motifs is 1. The van der Waals surface area contributed by atoms with Gasteiger partial charge in [0.2, 0.25) is 0 Å². The third kappa shape index (κ3) is 2.24. The monoisotopic (exact) mass is 318 g/mol. The predicted octanol–water partition coefficient (Wildman–Crippen LogP) is 0.926. The maximum atomic E-state index is 12.5. The molecule has 0 saturated heterocycles. The van der Waals surface area contributed by atoms with E-state index in [1.165, 1.54) is 12.1 Å². The lowest BCUT2D eigenvalue weighted by molar-refractivity contribution is 0.484. The van der Waals surface area contributed by atoms with E-state index in [0.717, 1.165) is 10.6 Å². The fraction of sp³-hybridized carbons (Fsp3) is 0. The molecule has 2 aromatic carbocycles. The van der Waals surface area contributed by atoms with Gasteiger partial charge in [-0.05, 0) is 24.3 Å². The van der Waals surface area contributed by atoms with Crippen molar-refractivity contribution in [3.63, 3.8) is 0 Å². The maximum absolute atomic E-state index is 12.5. The Morgan fingerprint density at radius 2 is 1.64 bits per heavy atom. The van der Waals surface area contributed by atoms with Crippen molar-refractivity contribution < 1.29 is 13.0 Å². The van der Waals surface area contributed by atoms with Crippen LogP contribution in [0.4, 0.5) is 0 Å². The molecule has 22 heavy (non-hydrogen) atoms. The lowest BCUT2D eigenvalue weighted by atomic mass is 10.2. The number of H-pyrrole nitrogens is 1. The van der Waals surface area contributed by atoms with Crippen LogP contribution in [0.15, 0.2) is 63.0 Å². The third-order valence-electron chi connectivity index (χ3n) is 3.19. The number of aromatic nitrogens is 2. The van der Waals surface area contributed by atoms with Gasteiger partial charge in [-0.15, -0.1) is 0 Å². The number of nitrogens with one attached hydrogen (secondary N) is 1. The van der Waals surface area contributed by atoms with Crippen LogP contribution in [0.3, 0.4) is 0 Å². The Hall–Kier alpha value is -2.71. The summed E-state index contributed by atoms with van der Waals surface area (Å²) in [5.74, 6) is 0. The number of nitrogens with zero attached hydrogens (tertiary/aromatic N) is 1. The van der Waals surface area contributed by atoms with Gasteiger partial charge in [0.25, 0.3) is 15.7 Å². The van der Waals surface area contributed by atoms with Gasteiger partial charge in [0.1, 0.15) is 4.90 Å². The van der Waals surface area contributed by atoms with Gasteiger partial charge in [-0.25, -0.2) is 9.36 Å². The molecule has 112 valence electrons. The van der Waals surface area contributed by atoms with Gasteiger partial charge in [-0.3, -0.25) is 9.35 Å². The van der Waals surface area contributed by atoms with Crippen molar-refractivity contribution in [2.45, 2.75) is 4.90 Å². The molecule has 0 saturated carbocycles. The molecule has 0 aliphatic rings. The first-order chi connectivity index (χ1) is 10.4. The minimum atomic E-state index is -4.56. The predicted molar refractivity (Wildman–Crippen MR) is 80.0 cm³/mol. The molecule has 8 heteroatoms. The lowest BCUT2D eigenvalue weighted by Gasteiger charge is -2.08. The third-order valence-corrected chi connectivity index (χ3v) is 4.08. The molecule has 0 aliphatic carbocycles. The average molecular weight is 318 g/mol. The Balaban J connectivity index is 2.48. The van der Waals surface area contributed by atoms with Gasteiger partial charge in [0.15, 0.2) is 0 Å². The number of rotatable bonds is 2. The van der Waals surface area contributed by atoms with Crippen molar-refractivity contribution >= 4 is 21.0 Å². The van der Waals surface area contributed by atoms with E-state index in [1.807, 2.05) is 0 Å². The molecule has 1 aromatic heterocycles. The largest absolute Gasteiger partial charge is 0.333 e. The standard InChI is InChI=1S/C14H10N2O5S/c17-13-10-7-4-8-11(22(19,20)21)12(10)15-14(18)16(13)9-5-2-1-3-6-9/h1-8H,(H,15,18)(H,19,20,21). The van der Waals surface area contributed by atoms with E-state index in [9.17, 15) is 22.6 Å². The minimum Gasteiger partial charge on any atom is -0.305 e. The average Bonchev–Trinajstić information content (AvgIpc) is 2.47. The van der Waals surface area contributed by atoms with E-state index in [4.69, 9.17) is 0 Å². The quantitative estimate of drug-likeness (QED) is 0.683. The first kappa shape index (κ1) is 14.2. The Kier molecular flexibility index (Phi) is 3.19. The fourth-order valence-corrected chi connectivity index (χ4v) is 2.91. The van der Waals surface area contributed by atoms with Crippen LogP contribution >= 0.6 is 0 Å². The second-order valence-corrected chi connectivity index (χ2v) is 5.95. The summed E-state index contributed by atoms with van der Waals surface area (Å²) in [6.45, 7) is 0. The molecule has 0 unspecified atom stereocenters. The molecular formula is C14H10N2O5S. The smallest absolute Gasteiger partial charge is 0.305 e. The van der Waals surface area contributed by atoms with Crippen LogP contribution in [0.25, 0.3) is 16.6 Å². The van der Waals surface area contributed by atoms with Crippen molar-refractivity contribution in [3.05, 3.63) is 69.4 Å². The minimum absolute atomic E-state index is 0.0152. The SMILES string of the molecule is O=c1[nH]c2c(S(=O)(=O)O)cccc2c(=O)n1-c1ccccc1. The summed E-state index contributed by atoms with van der Waals surface area (Å²) in [7, 11) is -4.56. The summed E-state index contributed by atoms with van der Waals surface area (Å²) in [5, 5.41) is -0.0152. The van der Waals surface area contributed by atoms with Crippen molar-refractivity contribution in [1.82, 2.24) is 9.55 Å². The van der Waals surface area contributed by atoms with Crippen LogP contribution in [-0.2, 0) is 10.1 Å². The molecule has 1 heterocycles. The maximum Gasteiger partial charge on any atom is 0.333 e. The summed E-state index contributed by atoms with van der Waals surface area (Å²) < 4.78 is 32.8. The molecule has 3 rings (SSSR count). The van der Waals surface area contributed by atoms with Crippen LogP contribution in [0.2, 0.25) is 0 Å². The molecule has 0 spiro atoms. The van der Waals surface area contributed by atoms with E-state index >= 15 is 0 Å². The van der Waals surface area contributed by atoms with Crippen molar-refractivity contribution in [3.8, 4) is 5.69 Å². The number of hydrogen-bond acceptors (Lipinski definition) is 4. The van der Waals surface area contributed by atoms with E-state index < -0.39 is 26.3 Å². The zero-order valence-electron chi connectivity index (χ0n) is 11.1. The summed E-state index contributed by atoms with van der Waals surface area (Å²) in [6.07, 6.45) is 0. The molecular weight excluding hydrogens is 308 g/mol. The van der Waals surface area contributed by atoms with Gasteiger partial charge < -0.3 is 4.98 Å². The first-order valence-corrected chi connectivity index (χ1v) is 7.64. The summed E-state index contributed by atoms with van der Waals surface area (Å²) in [4.78, 5) is 26.5. The number of benzene rings is 2. The van der Waals surface area contributed by atoms with E-state index in [2.05, 4.69) is 4.98 Å². The molecule has 0 bridgehead atoms. The fourth-order valence-electron chi connectivity index (χ4n) is 2.24. The second-order valence-electron chi connectivity index (χ2n) is 4.56. The molecule has 3 aromatic rings. The van der Waals surface area contributed by atoms with E-state index in [-0.39, 0.29) is 10.9 Å². The van der Waals surface area contributed by atoms with Gasteiger partial charge in [-0.2, -0.15) is 8.42 Å². The summed E-state index contributed by atoms with van der Waals surface area (Å²) >= 11 is 0. The topological polar surface area (TPSA) is 109 Å². The van der Waals surface area contributed by atoms with Gasteiger partial charge in [-0.1, -0.05) is 24.3 Å². The molecule has 2 N–H and O–H groups in total. The normalized spacial score (nSPS) is 11.7. The van der Waals surface area contributed by atoms with Gasteiger partial charge >= 0.3 is 5.69 Å². The highest BCUT2D eigenvalue weighted by Crippen LogP contribution is 2.17. The molecule has 0 atom stereocenters. The molecule has 0 amide bonds. The second kappa shape index (κ2) is 4.93. The zero-order valence-corrected chi connectivity index (χ0v) is 11.9. The van der Waals surface area contributed by atoms with Crippen LogP contribution in [0.1, 0.15) is 0 Å². The lowest BCUT2D eigenvalue weighted by Crippen LogP contribution is -2.34. The molecule has 0 aliphatic heterocycles. The Labute approximate surface area is 124 Å². The highest BCUT2D eigenvalue weighted by Gasteiger charge is 2.18. The van der Waals surface area contributed by atoms with Crippen LogP contribution in [-0.4, -0.2) is 22.5 Å². The first-order valence-electron chi connectivity index (χ1n) is 6.20. The van der Waals surface area contributed by atoms with Crippen LogP contribution < -0.4 is 11.2 Å². The highest BCUT2D eigenvalue weighted by atomic mass is 32.2. The van der Waals surface area contributed by atoms with Crippen LogP contribution in [0.5, 0.6) is 0 Å². The van der Waals surface area contributed by atoms with Gasteiger partial charge in [0, 0.05) is 0 Å². The Morgan fingerprint density at radius 3 is 2.27 bits per heavy atom.